The van der Waals surface area contributed by atoms with Crippen molar-refractivity contribution < 1.29 is 22.4 Å². The number of carbonyl (C=O) groups excluding carboxylic acids is 2. The molecule has 0 aliphatic carbocycles. The van der Waals surface area contributed by atoms with Gasteiger partial charge in [0.2, 0.25) is 5.91 Å². The Hall–Kier alpha value is -3.92. The number of halogens is 1. The second kappa shape index (κ2) is 10.7. The van der Waals surface area contributed by atoms with E-state index in [4.69, 9.17) is 0 Å². The summed E-state index contributed by atoms with van der Waals surface area (Å²) in [6.07, 6.45) is 0. The van der Waals surface area contributed by atoms with Crippen LogP contribution in [0.3, 0.4) is 0 Å². The number of rotatable bonds is 6. The van der Waals surface area contributed by atoms with Gasteiger partial charge in [-0.25, -0.2) is 12.8 Å². The predicted molar refractivity (Wildman–Crippen MR) is 150 cm³/mol. The maximum Gasteiger partial charge on any atom is 0.254 e. The molecule has 0 radical (unpaired) electrons. The number of hydrogen-bond donors (Lipinski definition) is 2. The zero-order valence-corrected chi connectivity index (χ0v) is 22.7. The van der Waals surface area contributed by atoms with Crippen molar-refractivity contribution in [2.45, 2.75) is 25.6 Å². The standard InChI is InChI=1S/C29H31FN4O4S/c1-19-3-4-20(2)27(15-19)33-11-13-34(14-12-33)29(36)22-7-10-24-25(16-22)32-28(35)26(31-24)18-39(37,38)17-21-5-8-23(30)9-6-21/h3-10,15-16,26,31H,11-14,17-18H2,1-2H3,(H,32,35)/t26-/m1/s1. The van der Waals surface area contributed by atoms with Gasteiger partial charge in [-0.3, -0.25) is 9.59 Å². The quantitative estimate of drug-likeness (QED) is 0.485. The molecule has 8 nitrogen and oxygen atoms in total. The Labute approximate surface area is 227 Å². The highest BCUT2D eigenvalue weighted by molar-refractivity contribution is 7.90. The van der Waals surface area contributed by atoms with Crippen molar-refractivity contribution in [1.29, 1.82) is 0 Å². The number of hydrogen-bond acceptors (Lipinski definition) is 6. The Morgan fingerprint density at radius 2 is 1.67 bits per heavy atom. The molecule has 5 rings (SSSR count). The second-order valence-corrected chi connectivity index (χ2v) is 12.3. The lowest BCUT2D eigenvalue weighted by Gasteiger charge is -2.37. The molecule has 3 aromatic carbocycles. The average Bonchev–Trinajstić information content (AvgIpc) is 2.91. The molecule has 0 unspecified atom stereocenters. The van der Waals surface area contributed by atoms with Gasteiger partial charge < -0.3 is 20.4 Å². The summed E-state index contributed by atoms with van der Waals surface area (Å²) in [5.41, 5.74) is 5.50. The first-order valence-electron chi connectivity index (χ1n) is 12.9. The molecule has 10 heteroatoms. The highest BCUT2D eigenvalue weighted by atomic mass is 32.2. The maximum atomic E-state index is 13.2. The fourth-order valence-corrected chi connectivity index (χ4v) is 6.60. The third kappa shape index (κ3) is 6.06. The minimum absolute atomic E-state index is 0.114. The molecule has 1 saturated heterocycles. The topological polar surface area (TPSA) is 98.8 Å². The van der Waals surface area contributed by atoms with Gasteiger partial charge in [0, 0.05) is 37.4 Å². The highest BCUT2D eigenvalue weighted by Crippen LogP contribution is 2.30. The number of piperazine rings is 1. The summed E-state index contributed by atoms with van der Waals surface area (Å²) >= 11 is 0. The molecule has 0 bridgehead atoms. The average molecular weight is 551 g/mol. The number of nitrogens with zero attached hydrogens (tertiary/aromatic N) is 2. The van der Waals surface area contributed by atoms with Gasteiger partial charge in [0.05, 0.1) is 22.9 Å². The Morgan fingerprint density at radius 1 is 0.949 bits per heavy atom. The summed E-state index contributed by atoms with van der Waals surface area (Å²) in [6.45, 7) is 6.79. The van der Waals surface area contributed by atoms with Crippen molar-refractivity contribution in [3.8, 4) is 0 Å². The lowest BCUT2D eigenvalue weighted by molar-refractivity contribution is -0.116. The summed E-state index contributed by atoms with van der Waals surface area (Å²) in [4.78, 5) is 30.1. The van der Waals surface area contributed by atoms with E-state index in [0.717, 1.165) is 13.1 Å². The summed E-state index contributed by atoms with van der Waals surface area (Å²) in [5.74, 6) is -1.76. The Balaban J connectivity index is 1.22. The van der Waals surface area contributed by atoms with Gasteiger partial charge in [-0.15, -0.1) is 0 Å². The van der Waals surface area contributed by atoms with Crippen LogP contribution in [-0.4, -0.2) is 63.1 Å². The van der Waals surface area contributed by atoms with Crippen LogP contribution in [0.1, 0.15) is 27.0 Å². The Bertz CT molecular complexity index is 1520. The number of carbonyl (C=O) groups is 2. The zero-order valence-electron chi connectivity index (χ0n) is 21.9. The smallest absolute Gasteiger partial charge is 0.254 e. The molecule has 2 aliphatic rings. The van der Waals surface area contributed by atoms with Gasteiger partial charge >= 0.3 is 0 Å². The molecule has 0 saturated carbocycles. The summed E-state index contributed by atoms with van der Waals surface area (Å²) in [7, 11) is -3.66. The monoisotopic (exact) mass is 550 g/mol. The van der Waals surface area contributed by atoms with Crippen LogP contribution in [0.4, 0.5) is 21.5 Å². The van der Waals surface area contributed by atoms with Crippen LogP contribution < -0.4 is 15.5 Å². The van der Waals surface area contributed by atoms with Crippen LogP contribution >= 0.6 is 0 Å². The first-order valence-corrected chi connectivity index (χ1v) is 14.7. The zero-order chi connectivity index (χ0) is 27.7. The van der Waals surface area contributed by atoms with Gasteiger partial charge in [-0.2, -0.15) is 0 Å². The second-order valence-electron chi connectivity index (χ2n) is 10.2. The molecule has 2 amide bonds. The van der Waals surface area contributed by atoms with E-state index in [0.29, 0.717) is 35.6 Å². The number of sulfone groups is 1. The lowest BCUT2D eigenvalue weighted by atomic mass is 10.1. The number of aryl methyl sites for hydroxylation is 2. The molecule has 204 valence electrons. The summed E-state index contributed by atoms with van der Waals surface area (Å²) in [6, 6.07) is 15.6. The molecular weight excluding hydrogens is 519 g/mol. The molecule has 39 heavy (non-hydrogen) atoms. The minimum Gasteiger partial charge on any atom is -0.371 e. The number of benzene rings is 3. The van der Waals surface area contributed by atoms with Crippen LogP contribution in [0.2, 0.25) is 0 Å². The maximum absolute atomic E-state index is 13.2. The number of anilines is 3. The van der Waals surface area contributed by atoms with Gasteiger partial charge in [-0.1, -0.05) is 24.3 Å². The Kier molecular flexibility index (Phi) is 7.31. The normalized spacial score (nSPS) is 17.3. The van der Waals surface area contributed by atoms with E-state index in [9.17, 15) is 22.4 Å². The van der Waals surface area contributed by atoms with Crippen molar-refractivity contribution in [3.05, 3.63) is 88.7 Å². The van der Waals surface area contributed by atoms with Gasteiger partial charge in [0.15, 0.2) is 9.84 Å². The number of fused-ring (bicyclic) bond motifs is 1. The van der Waals surface area contributed by atoms with Crippen LogP contribution in [0, 0.1) is 19.7 Å². The van der Waals surface area contributed by atoms with Crippen LogP contribution in [0.15, 0.2) is 60.7 Å². The first kappa shape index (κ1) is 26.7. The van der Waals surface area contributed by atoms with E-state index < -0.39 is 33.4 Å². The van der Waals surface area contributed by atoms with E-state index in [1.165, 1.54) is 41.1 Å². The first-order chi connectivity index (χ1) is 18.6. The van der Waals surface area contributed by atoms with Gasteiger partial charge in [-0.05, 0) is 66.9 Å². The van der Waals surface area contributed by atoms with E-state index in [-0.39, 0.29) is 11.7 Å². The predicted octanol–water partition coefficient (Wildman–Crippen LogP) is 3.75. The SMILES string of the molecule is Cc1ccc(C)c(N2CCN(C(=O)c3ccc4c(c3)NC(=O)[C@@H](CS(=O)(=O)Cc3ccc(F)cc3)N4)CC2)c1. The Morgan fingerprint density at radius 3 is 2.38 bits per heavy atom. The molecule has 0 spiro atoms. The number of amides is 2. The highest BCUT2D eigenvalue weighted by Gasteiger charge is 2.31. The molecule has 1 atom stereocenters. The van der Waals surface area contributed by atoms with Crippen molar-refractivity contribution in [1.82, 2.24) is 4.90 Å². The van der Waals surface area contributed by atoms with E-state index in [1.807, 2.05) is 4.90 Å². The van der Waals surface area contributed by atoms with Gasteiger partial charge in [0.25, 0.3) is 5.91 Å². The third-order valence-electron chi connectivity index (χ3n) is 7.16. The van der Waals surface area contributed by atoms with Crippen LogP contribution in [0.5, 0.6) is 0 Å². The largest absolute Gasteiger partial charge is 0.371 e. The van der Waals surface area contributed by atoms with Crippen molar-refractivity contribution in [3.63, 3.8) is 0 Å². The molecular formula is C29H31FN4O4S. The fraction of sp³-hybridized carbons (Fsp3) is 0.310. The van der Waals surface area contributed by atoms with Crippen LogP contribution in [0.25, 0.3) is 0 Å². The molecule has 1 fully saturated rings. The molecule has 0 aromatic heterocycles. The number of nitrogens with one attached hydrogen (secondary N) is 2. The van der Waals surface area contributed by atoms with E-state index >= 15 is 0 Å². The molecule has 3 aromatic rings. The van der Waals surface area contributed by atoms with Crippen molar-refractivity contribution in [2.75, 3.05) is 47.5 Å². The summed E-state index contributed by atoms with van der Waals surface area (Å²) in [5, 5.41) is 5.74. The lowest BCUT2D eigenvalue weighted by Crippen LogP contribution is -2.49. The summed E-state index contributed by atoms with van der Waals surface area (Å²) < 4.78 is 38.6. The molecule has 2 N–H and O–H groups in total. The van der Waals surface area contributed by atoms with Crippen LogP contribution in [-0.2, 0) is 20.4 Å². The van der Waals surface area contributed by atoms with E-state index in [1.54, 1.807) is 18.2 Å². The van der Waals surface area contributed by atoms with Crippen molar-refractivity contribution in [2.24, 2.45) is 0 Å². The molecule has 2 heterocycles. The third-order valence-corrected chi connectivity index (χ3v) is 8.78. The molecule has 2 aliphatic heterocycles. The van der Waals surface area contributed by atoms with E-state index in [2.05, 4.69) is 47.6 Å². The minimum atomic E-state index is -3.66. The van der Waals surface area contributed by atoms with Gasteiger partial charge in [0.1, 0.15) is 11.9 Å². The fourth-order valence-electron chi connectivity index (χ4n) is 5.04. The van der Waals surface area contributed by atoms with Crippen molar-refractivity contribution >= 4 is 38.7 Å².